The van der Waals surface area contributed by atoms with E-state index in [4.69, 9.17) is 4.74 Å². The van der Waals surface area contributed by atoms with E-state index >= 15 is 0 Å². The van der Waals surface area contributed by atoms with Crippen LogP contribution in [0.1, 0.15) is 33.6 Å². The normalized spacial score (nSPS) is 22.4. The minimum atomic E-state index is -0.344. The van der Waals surface area contributed by atoms with E-state index in [0.29, 0.717) is 6.04 Å². The second-order valence-corrected chi connectivity index (χ2v) is 4.76. The molecule has 4 nitrogen and oxygen atoms in total. The molecule has 1 heterocycles. The molecule has 0 spiro atoms. The Morgan fingerprint density at radius 1 is 1.50 bits per heavy atom. The number of carbonyl (C=O) groups is 1. The summed E-state index contributed by atoms with van der Waals surface area (Å²) < 4.78 is 5.10. The Morgan fingerprint density at radius 3 is 2.62 bits per heavy atom. The molecule has 0 aromatic heterocycles. The zero-order valence-corrected chi connectivity index (χ0v) is 10.8. The van der Waals surface area contributed by atoms with Gasteiger partial charge in [-0.2, -0.15) is 0 Å². The molecule has 0 aromatic rings. The van der Waals surface area contributed by atoms with Gasteiger partial charge in [-0.3, -0.25) is 4.79 Å². The molecule has 1 fully saturated rings. The molecule has 2 unspecified atom stereocenters. The average molecular weight is 228 g/mol. The lowest BCUT2D eigenvalue weighted by Crippen LogP contribution is -2.48. The smallest absolute Gasteiger partial charge is 0.251 e. The Labute approximate surface area is 98.3 Å². The highest BCUT2D eigenvalue weighted by Crippen LogP contribution is 2.11. The molecule has 1 saturated heterocycles. The van der Waals surface area contributed by atoms with Gasteiger partial charge in [-0.1, -0.05) is 0 Å². The third-order valence-corrected chi connectivity index (χ3v) is 3.19. The largest absolute Gasteiger partial charge is 0.372 e. The fourth-order valence-electron chi connectivity index (χ4n) is 2.04. The van der Waals surface area contributed by atoms with Crippen molar-refractivity contribution >= 4 is 5.91 Å². The molecule has 0 saturated carbocycles. The van der Waals surface area contributed by atoms with E-state index in [1.54, 1.807) is 14.0 Å². The van der Waals surface area contributed by atoms with Crippen LogP contribution in [-0.2, 0) is 9.53 Å². The van der Waals surface area contributed by atoms with Gasteiger partial charge in [0.1, 0.15) is 6.10 Å². The Kier molecular flexibility index (Phi) is 5.22. The van der Waals surface area contributed by atoms with Gasteiger partial charge >= 0.3 is 0 Å². The summed E-state index contributed by atoms with van der Waals surface area (Å²) in [7, 11) is 1.58. The lowest BCUT2D eigenvalue weighted by Gasteiger charge is -2.31. The van der Waals surface area contributed by atoms with Gasteiger partial charge < -0.3 is 15.0 Å². The van der Waals surface area contributed by atoms with Crippen molar-refractivity contribution in [1.29, 1.82) is 0 Å². The minimum Gasteiger partial charge on any atom is -0.372 e. The molecule has 1 N–H and O–H groups in total. The second kappa shape index (κ2) is 6.21. The van der Waals surface area contributed by atoms with Crippen LogP contribution in [0.5, 0.6) is 0 Å². The Balaban J connectivity index is 2.55. The van der Waals surface area contributed by atoms with Crippen molar-refractivity contribution < 1.29 is 9.53 Å². The van der Waals surface area contributed by atoms with Crippen molar-refractivity contribution in [3.8, 4) is 0 Å². The van der Waals surface area contributed by atoms with Crippen LogP contribution in [-0.4, -0.2) is 49.2 Å². The van der Waals surface area contributed by atoms with Gasteiger partial charge in [-0.05, 0) is 40.2 Å². The van der Waals surface area contributed by atoms with Gasteiger partial charge in [-0.25, -0.2) is 0 Å². The number of amides is 1. The summed E-state index contributed by atoms with van der Waals surface area (Å²) in [5.74, 6) is 0.0891. The van der Waals surface area contributed by atoms with Crippen molar-refractivity contribution in [2.75, 3.05) is 20.2 Å². The predicted octanol–water partition coefficient (Wildman–Crippen LogP) is 1.01. The molecule has 1 aliphatic rings. The van der Waals surface area contributed by atoms with Gasteiger partial charge in [-0.15, -0.1) is 0 Å². The fourth-order valence-corrected chi connectivity index (χ4v) is 2.04. The molecule has 1 aliphatic heterocycles. The van der Waals surface area contributed by atoms with Gasteiger partial charge in [0.15, 0.2) is 0 Å². The first-order chi connectivity index (χ1) is 7.56. The number of hydrogen-bond donors (Lipinski definition) is 1. The maximum atomic E-state index is 12.1. The van der Waals surface area contributed by atoms with Gasteiger partial charge in [0.25, 0.3) is 5.91 Å². The van der Waals surface area contributed by atoms with E-state index in [1.807, 2.05) is 4.90 Å². The number of carbonyl (C=O) groups excluding carboxylic acids is 1. The third-order valence-electron chi connectivity index (χ3n) is 3.19. The number of nitrogens with one attached hydrogen (secondary N) is 1. The lowest BCUT2D eigenvalue weighted by molar-refractivity contribution is -0.143. The van der Waals surface area contributed by atoms with E-state index in [2.05, 4.69) is 19.2 Å². The predicted molar refractivity (Wildman–Crippen MR) is 64.3 cm³/mol. The van der Waals surface area contributed by atoms with E-state index in [-0.39, 0.29) is 18.1 Å². The monoisotopic (exact) mass is 228 g/mol. The first-order valence-corrected chi connectivity index (χ1v) is 6.13. The lowest BCUT2D eigenvalue weighted by atomic mass is 10.1. The van der Waals surface area contributed by atoms with Gasteiger partial charge in [0.05, 0.1) is 0 Å². The highest BCUT2D eigenvalue weighted by molar-refractivity contribution is 5.80. The SMILES string of the molecule is COC(C)C(=O)N(CC1CCCN1)C(C)C. The zero-order valence-electron chi connectivity index (χ0n) is 10.8. The van der Waals surface area contributed by atoms with Crippen LogP contribution >= 0.6 is 0 Å². The first kappa shape index (κ1) is 13.5. The quantitative estimate of drug-likeness (QED) is 0.763. The van der Waals surface area contributed by atoms with Crippen LogP contribution in [0.2, 0.25) is 0 Å². The molecule has 2 atom stereocenters. The van der Waals surface area contributed by atoms with Crippen molar-refractivity contribution in [2.45, 2.75) is 51.8 Å². The number of nitrogens with zero attached hydrogens (tertiary/aromatic N) is 1. The Bertz CT molecular complexity index is 225. The molecule has 94 valence electrons. The summed E-state index contributed by atoms with van der Waals surface area (Å²) >= 11 is 0. The molecule has 16 heavy (non-hydrogen) atoms. The molecule has 0 radical (unpaired) electrons. The maximum absolute atomic E-state index is 12.1. The van der Waals surface area contributed by atoms with Crippen molar-refractivity contribution in [3.05, 3.63) is 0 Å². The van der Waals surface area contributed by atoms with Gasteiger partial charge in [0, 0.05) is 25.7 Å². The molecular weight excluding hydrogens is 204 g/mol. The number of ether oxygens (including phenoxy) is 1. The first-order valence-electron chi connectivity index (χ1n) is 6.13. The summed E-state index contributed by atoms with van der Waals surface area (Å²) in [5.41, 5.74) is 0. The third kappa shape index (κ3) is 3.46. The molecule has 4 heteroatoms. The van der Waals surface area contributed by atoms with E-state index < -0.39 is 0 Å². The Hall–Kier alpha value is -0.610. The highest BCUT2D eigenvalue weighted by atomic mass is 16.5. The van der Waals surface area contributed by atoms with Crippen molar-refractivity contribution in [2.24, 2.45) is 0 Å². The van der Waals surface area contributed by atoms with Crippen LogP contribution in [0.15, 0.2) is 0 Å². The zero-order chi connectivity index (χ0) is 12.1. The fraction of sp³-hybridized carbons (Fsp3) is 0.917. The standard InChI is InChI=1S/C12H24N2O2/c1-9(2)14(12(15)10(3)16-4)8-11-6-5-7-13-11/h9-11,13H,5-8H2,1-4H3. The van der Waals surface area contributed by atoms with Crippen LogP contribution in [0.3, 0.4) is 0 Å². The number of methoxy groups -OCH3 is 1. The van der Waals surface area contributed by atoms with Gasteiger partial charge in [0.2, 0.25) is 0 Å². The van der Waals surface area contributed by atoms with E-state index in [9.17, 15) is 4.79 Å². The Morgan fingerprint density at radius 2 is 2.19 bits per heavy atom. The summed E-state index contributed by atoms with van der Waals surface area (Å²) in [4.78, 5) is 14.0. The topological polar surface area (TPSA) is 41.6 Å². The molecule has 1 amide bonds. The average Bonchev–Trinajstić information content (AvgIpc) is 2.76. The summed E-state index contributed by atoms with van der Waals surface area (Å²) in [6.07, 6.45) is 2.03. The highest BCUT2D eigenvalue weighted by Gasteiger charge is 2.26. The van der Waals surface area contributed by atoms with E-state index in [1.165, 1.54) is 6.42 Å². The van der Waals surface area contributed by atoms with Crippen LogP contribution in [0.25, 0.3) is 0 Å². The van der Waals surface area contributed by atoms with Crippen molar-refractivity contribution in [1.82, 2.24) is 10.2 Å². The summed E-state index contributed by atoms with van der Waals surface area (Å²) in [6.45, 7) is 7.78. The summed E-state index contributed by atoms with van der Waals surface area (Å²) in [6, 6.07) is 0.683. The summed E-state index contributed by atoms with van der Waals surface area (Å²) in [5, 5.41) is 3.42. The molecule has 0 aliphatic carbocycles. The van der Waals surface area contributed by atoms with Crippen LogP contribution < -0.4 is 5.32 Å². The van der Waals surface area contributed by atoms with Crippen LogP contribution in [0.4, 0.5) is 0 Å². The van der Waals surface area contributed by atoms with Crippen molar-refractivity contribution in [3.63, 3.8) is 0 Å². The molecule has 0 aromatic carbocycles. The minimum absolute atomic E-state index is 0.0891. The molecule has 1 rings (SSSR count). The van der Waals surface area contributed by atoms with Crippen LogP contribution in [0, 0.1) is 0 Å². The van der Waals surface area contributed by atoms with E-state index in [0.717, 1.165) is 19.5 Å². The molecular formula is C12H24N2O2. The number of rotatable bonds is 5. The second-order valence-electron chi connectivity index (χ2n) is 4.76. The maximum Gasteiger partial charge on any atom is 0.251 e. The number of hydrogen-bond acceptors (Lipinski definition) is 3. The molecule has 0 bridgehead atoms.